The smallest absolute Gasteiger partial charge is 0.305 e. The summed E-state index contributed by atoms with van der Waals surface area (Å²) in [7, 11) is 0. The maximum Gasteiger partial charge on any atom is 0.305 e. The lowest BCUT2D eigenvalue weighted by Gasteiger charge is -2.17. The second-order valence-corrected chi connectivity index (χ2v) is 12.5. The third kappa shape index (κ3) is 6.15. The topological polar surface area (TPSA) is 164 Å². The van der Waals surface area contributed by atoms with Crippen LogP contribution in [0.5, 0.6) is 0 Å². The second kappa shape index (κ2) is 13.0. The van der Waals surface area contributed by atoms with Crippen LogP contribution in [-0.4, -0.2) is 54.8 Å². The highest BCUT2D eigenvalue weighted by atomic mass is 16.4. The van der Waals surface area contributed by atoms with Gasteiger partial charge < -0.3 is 24.5 Å². The number of fused-ring (bicyclic) bond motifs is 2. The van der Waals surface area contributed by atoms with Gasteiger partial charge >= 0.3 is 5.97 Å². The number of nitrogens with zero attached hydrogens (tertiary/aromatic N) is 5. The Bertz CT molecular complexity index is 2350. The minimum absolute atomic E-state index is 0.0768. The molecule has 1 saturated heterocycles. The zero-order valence-electron chi connectivity index (χ0n) is 27.2. The summed E-state index contributed by atoms with van der Waals surface area (Å²) in [4.78, 5) is 22.8. The summed E-state index contributed by atoms with van der Waals surface area (Å²) in [5, 5.41) is 42.5. The summed E-state index contributed by atoms with van der Waals surface area (Å²) in [5.74, 6) is 0.206. The number of carbonyl (C=O) groups is 1. The Morgan fingerprint density at radius 3 is 2.63 bits per heavy atom. The average molecular weight is 654 g/mol. The maximum atomic E-state index is 11.2. The number of pyridine rings is 3. The van der Waals surface area contributed by atoms with Crippen LogP contribution in [0.4, 0.5) is 11.5 Å². The summed E-state index contributed by atoms with van der Waals surface area (Å²) in [6, 6.07) is 20.0. The van der Waals surface area contributed by atoms with Gasteiger partial charge in [0.2, 0.25) is 0 Å². The Labute approximate surface area is 282 Å². The van der Waals surface area contributed by atoms with Gasteiger partial charge in [-0.25, -0.2) is 4.98 Å². The van der Waals surface area contributed by atoms with Crippen LogP contribution < -0.4 is 10.8 Å². The van der Waals surface area contributed by atoms with Gasteiger partial charge in [0, 0.05) is 61.4 Å². The Kier molecular flexibility index (Phi) is 8.42. The number of hydrogen-bond donors (Lipinski definition) is 4. The number of aliphatic carboxylic acids is 1. The second-order valence-electron chi connectivity index (χ2n) is 12.5. The van der Waals surface area contributed by atoms with Gasteiger partial charge in [-0.15, -0.1) is 0 Å². The van der Waals surface area contributed by atoms with Crippen molar-refractivity contribution >= 4 is 39.3 Å². The molecule has 11 nitrogen and oxygen atoms in total. The first-order chi connectivity index (χ1) is 23.7. The lowest BCUT2D eigenvalue weighted by molar-refractivity contribution is -0.137. The Morgan fingerprint density at radius 1 is 1.10 bits per heavy atom. The minimum atomic E-state index is -0.977. The van der Waals surface area contributed by atoms with Crippen molar-refractivity contribution in [3.8, 4) is 28.5 Å². The number of hydrogen-bond acceptors (Lipinski definition) is 9. The molecule has 1 aliphatic heterocycles. The van der Waals surface area contributed by atoms with Crippen molar-refractivity contribution in [2.24, 2.45) is 0 Å². The van der Waals surface area contributed by atoms with Gasteiger partial charge in [-0.05, 0) is 72.4 Å². The molecule has 0 saturated carbocycles. The van der Waals surface area contributed by atoms with E-state index >= 15 is 0 Å². The molecule has 0 spiro atoms. The van der Waals surface area contributed by atoms with E-state index < -0.39 is 5.97 Å². The number of β-amino-alcohol motifs (C(OH)–C–C–N with tert-alkyl or cyclic N) is 1. The number of nitrogens with one attached hydrogen (secondary N) is 2. The summed E-state index contributed by atoms with van der Waals surface area (Å²) >= 11 is 0. The van der Waals surface area contributed by atoms with E-state index in [1.54, 1.807) is 12.3 Å². The molecule has 0 radical (unpaired) electrons. The number of aliphatic hydroxyl groups excluding tert-OH is 1. The van der Waals surface area contributed by atoms with Gasteiger partial charge in [0.1, 0.15) is 28.4 Å². The number of rotatable bonds is 9. The van der Waals surface area contributed by atoms with Gasteiger partial charge in [-0.1, -0.05) is 30.3 Å². The molecule has 7 rings (SSSR count). The number of furan rings is 1. The molecule has 5 heterocycles. The van der Waals surface area contributed by atoms with Gasteiger partial charge in [0.05, 0.1) is 17.9 Å². The molecule has 49 heavy (non-hydrogen) atoms. The Hall–Kier alpha value is -5.83. The number of aromatic nitrogens is 3. The molecule has 4 N–H and O–H groups in total. The van der Waals surface area contributed by atoms with Crippen molar-refractivity contribution < 1.29 is 19.4 Å². The van der Waals surface area contributed by atoms with E-state index in [-0.39, 0.29) is 30.1 Å². The number of aryl methyl sites for hydroxylation is 1. The SMILES string of the molecule is Cc1c(Nc2nccc3cc(CN4CC[C@@H](O)C4)cnc23)cccc1-c1cccc(-c2cc3c(=N)n(CCC(=O)O)cc(C#N)c3o2)c1C. The van der Waals surface area contributed by atoms with Crippen molar-refractivity contribution in [2.45, 2.75) is 45.9 Å². The maximum absolute atomic E-state index is 11.2. The third-order valence-corrected chi connectivity index (χ3v) is 9.28. The summed E-state index contributed by atoms with van der Waals surface area (Å²) in [5.41, 5.74) is 8.24. The molecule has 0 bridgehead atoms. The Balaban J connectivity index is 1.21. The molecule has 0 aliphatic carbocycles. The van der Waals surface area contributed by atoms with Gasteiger partial charge in [0.15, 0.2) is 11.4 Å². The average Bonchev–Trinajstić information content (AvgIpc) is 3.72. The zero-order valence-corrected chi connectivity index (χ0v) is 27.2. The highest BCUT2D eigenvalue weighted by Gasteiger charge is 2.21. The summed E-state index contributed by atoms with van der Waals surface area (Å²) in [6.45, 7) is 6.47. The van der Waals surface area contributed by atoms with Crippen LogP contribution in [0.1, 0.15) is 35.1 Å². The van der Waals surface area contributed by atoms with Crippen LogP contribution in [-0.2, 0) is 17.9 Å². The molecule has 6 aromatic rings. The van der Waals surface area contributed by atoms with Crippen LogP contribution in [0.15, 0.2) is 77.6 Å². The molecule has 1 atom stereocenters. The highest BCUT2D eigenvalue weighted by Crippen LogP contribution is 2.38. The predicted octanol–water partition coefficient (Wildman–Crippen LogP) is 6.26. The van der Waals surface area contributed by atoms with Crippen molar-refractivity contribution in [2.75, 3.05) is 18.4 Å². The van der Waals surface area contributed by atoms with Crippen LogP contribution in [0.3, 0.4) is 0 Å². The van der Waals surface area contributed by atoms with Crippen molar-refractivity contribution in [1.82, 2.24) is 19.4 Å². The van der Waals surface area contributed by atoms with Crippen molar-refractivity contribution in [1.29, 1.82) is 10.7 Å². The number of carboxylic acid groups (broad SMARTS) is 1. The largest absolute Gasteiger partial charge is 0.481 e. The molecule has 0 unspecified atom stereocenters. The molecule has 4 aromatic heterocycles. The third-order valence-electron chi connectivity index (χ3n) is 9.28. The zero-order chi connectivity index (χ0) is 34.2. The summed E-state index contributed by atoms with van der Waals surface area (Å²) in [6.07, 6.45) is 5.52. The fourth-order valence-corrected chi connectivity index (χ4v) is 6.69. The van der Waals surface area contributed by atoms with E-state index in [1.165, 1.54) is 10.8 Å². The highest BCUT2D eigenvalue weighted by molar-refractivity contribution is 5.92. The van der Waals surface area contributed by atoms with E-state index in [9.17, 15) is 15.2 Å². The van der Waals surface area contributed by atoms with E-state index in [4.69, 9.17) is 19.9 Å². The molecule has 1 fully saturated rings. The molecule has 1 aliphatic rings. The van der Waals surface area contributed by atoms with E-state index in [0.29, 0.717) is 29.1 Å². The number of likely N-dealkylation sites (tertiary alicyclic amines) is 1. The normalized spacial score (nSPS) is 14.8. The van der Waals surface area contributed by atoms with Crippen molar-refractivity contribution in [3.63, 3.8) is 0 Å². The van der Waals surface area contributed by atoms with Crippen LogP contribution in [0.2, 0.25) is 0 Å². The summed E-state index contributed by atoms with van der Waals surface area (Å²) < 4.78 is 7.69. The molecular formula is C38H35N7O4. The van der Waals surface area contributed by atoms with E-state index in [0.717, 1.165) is 69.5 Å². The standard InChI is InChI=1S/C38H35N7O4/c1-22-28(5-3-7-30(22)33-16-31-36(49-33)26(17-39)20-45(37(31)40)14-11-34(47)48)29-6-4-8-32(23(29)2)43-38-35-25(9-12-41-38)15-24(18-42-35)19-44-13-10-27(46)21-44/h3-9,12,15-16,18,20,27,40,46H,10-11,13-14,19,21H2,1-2H3,(H,41,43)(H,47,48)/t27-/m1/s1. The van der Waals surface area contributed by atoms with Gasteiger partial charge in [-0.3, -0.25) is 20.1 Å². The lowest BCUT2D eigenvalue weighted by atomic mass is 9.92. The van der Waals surface area contributed by atoms with E-state index in [2.05, 4.69) is 46.4 Å². The van der Waals surface area contributed by atoms with Crippen LogP contribution >= 0.6 is 0 Å². The number of aliphatic hydroxyl groups is 1. The number of benzene rings is 2. The Morgan fingerprint density at radius 2 is 1.88 bits per heavy atom. The minimum Gasteiger partial charge on any atom is -0.481 e. The molecular weight excluding hydrogens is 618 g/mol. The number of anilines is 2. The quantitative estimate of drug-likeness (QED) is 0.141. The molecule has 246 valence electrons. The fraction of sp³-hybridized carbons (Fsp3) is 0.237. The fourth-order valence-electron chi connectivity index (χ4n) is 6.69. The van der Waals surface area contributed by atoms with Crippen molar-refractivity contribution in [3.05, 3.63) is 101 Å². The predicted molar refractivity (Wildman–Crippen MR) is 186 cm³/mol. The van der Waals surface area contributed by atoms with Gasteiger partial charge in [0.25, 0.3) is 0 Å². The molecule has 0 amide bonds. The first kappa shape index (κ1) is 31.8. The molecule has 11 heteroatoms. The number of nitriles is 1. The first-order valence-electron chi connectivity index (χ1n) is 16.1. The van der Waals surface area contributed by atoms with Crippen LogP contribution in [0.25, 0.3) is 44.3 Å². The lowest BCUT2D eigenvalue weighted by Crippen LogP contribution is -2.21. The monoisotopic (exact) mass is 653 g/mol. The molecule has 2 aromatic carbocycles. The first-order valence-corrected chi connectivity index (χ1v) is 16.1. The number of carboxylic acids is 1. The van der Waals surface area contributed by atoms with Crippen LogP contribution in [0, 0.1) is 30.6 Å². The van der Waals surface area contributed by atoms with E-state index in [1.807, 2.05) is 43.5 Å². The van der Waals surface area contributed by atoms with Gasteiger partial charge in [-0.2, -0.15) is 5.26 Å².